The highest BCUT2D eigenvalue weighted by atomic mass is 19.4. The molecule has 198 valence electrons. The number of rotatable bonds is 7. The molecule has 0 unspecified atom stereocenters. The minimum atomic E-state index is -4.36. The largest absolute Gasteiger partial charge is 0.478 e. The quantitative estimate of drug-likeness (QED) is 0.337. The van der Waals surface area contributed by atoms with Gasteiger partial charge in [-0.25, -0.2) is 14.8 Å². The molecule has 1 aliphatic rings. The first-order valence-electron chi connectivity index (χ1n) is 12.3. The number of halogens is 3. The molecule has 0 atom stereocenters. The number of aromatic nitrogens is 3. The van der Waals surface area contributed by atoms with Crippen LogP contribution in [0.2, 0.25) is 0 Å². The molecule has 0 radical (unpaired) electrons. The number of hydrogen-bond donors (Lipinski definition) is 1. The van der Waals surface area contributed by atoms with Gasteiger partial charge in [-0.2, -0.15) is 13.2 Å². The third kappa shape index (κ3) is 5.65. The number of benzene rings is 2. The van der Waals surface area contributed by atoms with Crippen LogP contribution in [0.25, 0.3) is 11.0 Å². The van der Waals surface area contributed by atoms with Crippen molar-refractivity contribution >= 4 is 17.0 Å². The van der Waals surface area contributed by atoms with E-state index in [0.717, 1.165) is 60.6 Å². The van der Waals surface area contributed by atoms with Gasteiger partial charge in [-0.3, -0.25) is 4.90 Å². The predicted molar refractivity (Wildman–Crippen MR) is 135 cm³/mol. The zero-order chi connectivity index (χ0) is 26.9. The van der Waals surface area contributed by atoms with Gasteiger partial charge >= 0.3 is 12.1 Å². The van der Waals surface area contributed by atoms with E-state index in [4.69, 9.17) is 9.72 Å². The van der Waals surface area contributed by atoms with Crippen molar-refractivity contribution in [3.8, 4) is 5.88 Å². The zero-order valence-electron chi connectivity index (χ0n) is 20.8. The molecule has 10 heteroatoms. The Bertz CT molecular complexity index is 1440. The topological polar surface area (TPSA) is 80.5 Å². The van der Waals surface area contributed by atoms with Crippen LogP contribution in [0.5, 0.6) is 5.88 Å². The first-order chi connectivity index (χ1) is 18.2. The number of carboxylic acid groups (broad SMARTS) is 1. The summed E-state index contributed by atoms with van der Waals surface area (Å²) in [5, 5.41) is 9.27. The highest BCUT2D eigenvalue weighted by molar-refractivity contribution is 5.92. The molecule has 1 fully saturated rings. The average Bonchev–Trinajstić information content (AvgIpc) is 3.22. The van der Waals surface area contributed by atoms with Gasteiger partial charge in [0, 0.05) is 24.7 Å². The van der Waals surface area contributed by atoms with Crippen LogP contribution in [0, 0.1) is 0 Å². The van der Waals surface area contributed by atoms with E-state index in [1.54, 1.807) is 24.3 Å². The van der Waals surface area contributed by atoms with Crippen LogP contribution in [-0.4, -0.2) is 43.6 Å². The van der Waals surface area contributed by atoms with Crippen LogP contribution < -0.4 is 4.74 Å². The van der Waals surface area contributed by atoms with E-state index in [-0.39, 0.29) is 18.1 Å². The molecule has 2 aromatic heterocycles. The third-order valence-electron chi connectivity index (χ3n) is 7.00. The van der Waals surface area contributed by atoms with Gasteiger partial charge in [-0.15, -0.1) is 0 Å². The van der Waals surface area contributed by atoms with E-state index >= 15 is 0 Å². The van der Waals surface area contributed by atoms with E-state index in [0.29, 0.717) is 18.0 Å². The fourth-order valence-electron chi connectivity index (χ4n) is 4.79. The van der Waals surface area contributed by atoms with Gasteiger partial charge in [0.25, 0.3) is 0 Å². The van der Waals surface area contributed by atoms with Crippen molar-refractivity contribution in [1.29, 1.82) is 0 Å². The number of carbonyl (C=O) groups is 1. The summed E-state index contributed by atoms with van der Waals surface area (Å²) in [5.41, 5.74) is 2.71. The summed E-state index contributed by atoms with van der Waals surface area (Å²) >= 11 is 0. The summed E-state index contributed by atoms with van der Waals surface area (Å²) in [7, 11) is 1.91. The van der Waals surface area contributed by atoms with Crippen molar-refractivity contribution in [2.75, 3.05) is 13.1 Å². The predicted octanol–water partition coefficient (Wildman–Crippen LogP) is 5.64. The lowest BCUT2D eigenvalue weighted by atomic mass is 9.93. The van der Waals surface area contributed by atoms with E-state index < -0.39 is 17.7 Å². The fourth-order valence-corrected chi connectivity index (χ4v) is 4.79. The van der Waals surface area contributed by atoms with E-state index in [9.17, 15) is 23.1 Å². The van der Waals surface area contributed by atoms with Crippen LogP contribution in [0.1, 0.15) is 51.8 Å². The van der Waals surface area contributed by atoms with Crippen LogP contribution in [-0.2, 0) is 26.4 Å². The Morgan fingerprint density at radius 3 is 2.47 bits per heavy atom. The lowest BCUT2D eigenvalue weighted by Crippen LogP contribution is -2.33. The zero-order valence-corrected chi connectivity index (χ0v) is 20.8. The molecule has 1 aliphatic heterocycles. The normalized spacial score (nSPS) is 15.2. The number of likely N-dealkylation sites (tertiary alicyclic amines) is 1. The monoisotopic (exact) mass is 524 g/mol. The molecule has 2 aromatic carbocycles. The third-order valence-corrected chi connectivity index (χ3v) is 7.00. The van der Waals surface area contributed by atoms with Crippen molar-refractivity contribution < 1.29 is 27.8 Å². The number of carboxylic acids is 1. The van der Waals surface area contributed by atoms with Gasteiger partial charge in [0.1, 0.15) is 12.4 Å². The summed E-state index contributed by atoms with van der Waals surface area (Å²) < 4.78 is 46.0. The second-order valence-electron chi connectivity index (χ2n) is 9.53. The molecule has 0 bridgehead atoms. The maximum absolute atomic E-state index is 12.8. The molecule has 0 amide bonds. The van der Waals surface area contributed by atoms with Crippen molar-refractivity contribution in [2.24, 2.45) is 7.05 Å². The maximum atomic E-state index is 12.8. The van der Waals surface area contributed by atoms with Gasteiger partial charge in [0.15, 0.2) is 0 Å². The smallest absolute Gasteiger partial charge is 0.416 e. The molecular weight excluding hydrogens is 497 g/mol. The van der Waals surface area contributed by atoms with Crippen molar-refractivity contribution in [3.05, 3.63) is 88.9 Å². The lowest BCUT2D eigenvalue weighted by Gasteiger charge is -2.31. The Kier molecular flexibility index (Phi) is 7.07. The molecule has 0 saturated carbocycles. The number of nitrogens with zero attached hydrogens (tertiary/aromatic N) is 4. The number of ether oxygens (including phenoxy) is 1. The summed E-state index contributed by atoms with van der Waals surface area (Å²) in [6.07, 6.45) is -2.52. The van der Waals surface area contributed by atoms with Crippen LogP contribution in [0.3, 0.4) is 0 Å². The molecule has 3 heterocycles. The molecule has 7 nitrogen and oxygen atoms in total. The van der Waals surface area contributed by atoms with Gasteiger partial charge in [-0.1, -0.05) is 18.2 Å². The summed E-state index contributed by atoms with van der Waals surface area (Å²) in [6.45, 7) is 2.54. The minimum absolute atomic E-state index is 0.138. The highest BCUT2D eigenvalue weighted by Gasteiger charge is 2.30. The number of aromatic carboxylic acids is 1. The number of pyridine rings is 1. The summed E-state index contributed by atoms with van der Waals surface area (Å²) in [5.74, 6) is 0.655. The molecular formula is C28H27F3N4O3. The Morgan fingerprint density at radius 1 is 1.05 bits per heavy atom. The van der Waals surface area contributed by atoms with Crippen LogP contribution in [0.4, 0.5) is 13.2 Å². The molecule has 1 saturated heterocycles. The van der Waals surface area contributed by atoms with Gasteiger partial charge in [0.05, 0.1) is 28.7 Å². The summed E-state index contributed by atoms with van der Waals surface area (Å²) in [4.78, 5) is 23.0. The maximum Gasteiger partial charge on any atom is 0.416 e. The van der Waals surface area contributed by atoms with E-state index in [2.05, 4.69) is 9.88 Å². The van der Waals surface area contributed by atoms with Crippen molar-refractivity contribution in [3.63, 3.8) is 0 Å². The average molecular weight is 525 g/mol. The first kappa shape index (κ1) is 25.7. The Morgan fingerprint density at radius 2 is 1.79 bits per heavy atom. The minimum Gasteiger partial charge on any atom is -0.478 e. The summed E-state index contributed by atoms with van der Waals surface area (Å²) in [6, 6.07) is 15.5. The molecule has 0 aliphatic carbocycles. The SMILES string of the molecule is Cn1c(CN2CCC(c3cccc(OCc4ccc(C(F)(F)F)cc4)n3)CC2)nc2ccc(C(=O)O)cc21. The lowest BCUT2D eigenvalue weighted by molar-refractivity contribution is -0.137. The second-order valence-corrected chi connectivity index (χ2v) is 9.53. The van der Waals surface area contributed by atoms with E-state index in [1.807, 2.05) is 23.7 Å². The number of imidazole rings is 1. The number of piperidine rings is 1. The fraction of sp³-hybridized carbons (Fsp3) is 0.321. The van der Waals surface area contributed by atoms with Gasteiger partial charge < -0.3 is 14.4 Å². The van der Waals surface area contributed by atoms with Gasteiger partial charge in [-0.05, 0) is 67.9 Å². The van der Waals surface area contributed by atoms with Gasteiger partial charge in [0.2, 0.25) is 5.88 Å². The Balaban J connectivity index is 1.17. The molecule has 5 rings (SSSR count). The Hall–Kier alpha value is -3.92. The number of fused-ring (bicyclic) bond motifs is 1. The van der Waals surface area contributed by atoms with Crippen LogP contribution in [0.15, 0.2) is 60.7 Å². The molecule has 4 aromatic rings. The molecule has 1 N–H and O–H groups in total. The first-order valence-corrected chi connectivity index (χ1v) is 12.3. The second kappa shape index (κ2) is 10.4. The number of alkyl halides is 3. The standard InChI is InChI=1S/C28H27F3N4O3/c1-34-24-15-20(27(36)37)7-10-23(24)32-25(34)16-35-13-11-19(12-14-35)22-3-2-4-26(33-22)38-17-18-5-8-21(9-6-18)28(29,30)31/h2-10,15,19H,11-14,16-17H2,1H3,(H,36,37). The molecule has 0 spiro atoms. The van der Waals surface area contributed by atoms with Crippen molar-refractivity contribution in [1.82, 2.24) is 19.4 Å². The van der Waals surface area contributed by atoms with Crippen molar-refractivity contribution in [2.45, 2.75) is 38.1 Å². The Labute approximate surface area is 217 Å². The van der Waals surface area contributed by atoms with Crippen LogP contribution >= 0.6 is 0 Å². The van der Waals surface area contributed by atoms with E-state index in [1.165, 1.54) is 12.1 Å². The molecule has 38 heavy (non-hydrogen) atoms. The number of aryl methyl sites for hydroxylation is 1. The highest BCUT2D eigenvalue weighted by Crippen LogP contribution is 2.30. The number of hydrogen-bond acceptors (Lipinski definition) is 5.